The molecular formula is C19H32FIN4O. The van der Waals surface area contributed by atoms with Crippen molar-refractivity contribution in [3.63, 3.8) is 0 Å². The molecule has 0 atom stereocenters. The molecule has 1 aromatic carbocycles. The summed E-state index contributed by atoms with van der Waals surface area (Å²) in [5.41, 5.74) is 0.334. The molecule has 2 N–H and O–H groups in total. The topological polar surface area (TPSA) is 48.9 Å². The van der Waals surface area contributed by atoms with Crippen LogP contribution in [-0.4, -0.2) is 63.3 Å². The molecule has 0 amide bonds. The Hall–Kier alpha value is -0.930. The largest absolute Gasteiger partial charge is 0.379 e. The summed E-state index contributed by atoms with van der Waals surface area (Å²) in [4.78, 5) is 7.05. The first-order chi connectivity index (χ1) is 12.0. The molecule has 1 aliphatic heterocycles. The van der Waals surface area contributed by atoms with Crippen molar-refractivity contribution in [2.45, 2.75) is 26.2 Å². The average Bonchev–Trinajstić information content (AvgIpc) is 2.61. The van der Waals surface area contributed by atoms with Gasteiger partial charge in [-0.3, -0.25) is 9.89 Å². The van der Waals surface area contributed by atoms with Crippen molar-refractivity contribution >= 4 is 29.9 Å². The number of ether oxygens (including phenoxy) is 1. The number of benzene rings is 1. The van der Waals surface area contributed by atoms with Gasteiger partial charge in [0.2, 0.25) is 0 Å². The van der Waals surface area contributed by atoms with E-state index in [4.69, 9.17) is 4.74 Å². The van der Waals surface area contributed by atoms with Crippen molar-refractivity contribution in [2.24, 2.45) is 4.99 Å². The highest BCUT2D eigenvalue weighted by molar-refractivity contribution is 14.0. The van der Waals surface area contributed by atoms with Crippen molar-refractivity contribution in [2.75, 3.05) is 52.5 Å². The van der Waals surface area contributed by atoms with E-state index in [1.54, 1.807) is 6.07 Å². The van der Waals surface area contributed by atoms with Crippen molar-refractivity contribution in [1.29, 1.82) is 0 Å². The van der Waals surface area contributed by atoms with E-state index in [-0.39, 0.29) is 35.2 Å². The number of nitrogens with one attached hydrogen (secondary N) is 2. The molecule has 1 heterocycles. The third kappa shape index (κ3) is 7.36. The number of aliphatic imine (C=N–C) groups is 1. The number of hydrogen-bond acceptors (Lipinski definition) is 3. The lowest BCUT2D eigenvalue weighted by Crippen LogP contribution is -2.44. The number of nitrogens with zero attached hydrogens (tertiary/aromatic N) is 2. The van der Waals surface area contributed by atoms with Crippen LogP contribution in [0.3, 0.4) is 0 Å². The van der Waals surface area contributed by atoms with Crippen LogP contribution in [0.4, 0.5) is 4.39 Å². The summed E-state index contributed by atoms with van der Waals surface area (Å²) in [6.07, 6.45) is 0. The first-order valence-electron chi connectivity index (χ1n) is 9.10. The maximum atomic E-state index is 14.1. The van der Waals surface area contributed by atoms with Gasteiger partial charge in [0.1, 0.15) is 5.82 Å². The van der Waals surface area contributed by atoms with Crippen LogP contribution in [-0.2, 0) is 10.2 Å². The van der Waals surface area contributed by atoms with Crippen molar-refractivity contribution in [1.82, 2.24) is 15.5 Å². The molecule has 1 aliphatic rings. The molecule has 0 saturated carbocycles. The molecule has 0 spiro atoms. The summed E-state index contributed by atoms with van der Waals surface area (Å²) in [5.74, 6) is 0.605. The van der Waals surface area contributed by atoms with Crippen LogP contribution >= 0.6 is 24.0 Å². The van der Waals surface area contributed by atoms with Gasteiger partial charge in [0.25, 0.3) is 0 Å². The zero-order valence-electron chi connectivity index (χ0n) is 16.1. The third-order valence-electron chi connectivity index (χ3n) is 4.40. The summed E-state index contributed by atoms with van der Waals surface area (Å²) < 4.78 is 19.4. The van der Waals surface area contributed by atoms with Crippen LogP contribution in [0, 0.1) is 5.82 Å². The molecular weight excluding hydrogens is 446 g/mol. The van der Waals surface area contributed by atoms with Crippen molar-refractivity contribution in [3.05, 3.63) is 35.6 Å². The Balaban J connectivity index is 0.00000338. The Morgan fingerprint density at radius 1 is 1.23 bits per heavy atom. The molecule has 1 saturated heterocycles. The Kier molecular flexibility index (Phi) is 10.4. The first kappa shape index (κ1) is 23.1. The molecule has 0 aliphatic carbocycles. The Morgan fingerprint density at radius 3 is 2.58 bits per heavy atom. The van der Waals surface area contributed by atoms with Gasteiger partial charge in [0.05, 0.1) is 19.8 Å². The number of morpholine rings is 1. The second-order valence-electron chi connectivity index (χ2n) is 6.94. The quantitative estimate of drug-likeness (QED) is 0.360. The lowest BCUT2D eigenvalue weighted by molar-refractivity contribution is 0.0389. The van der Waals surface area contributed by atoms with Gasteiger partial charge in [-0.05, 0) is 18.6 Å². The van der Waals surface area contributed by atoms with Crippen LogP contribution in [0.5, 0.6) is 0 Å². The van der Waals surface area contributed by atoms with Crippen molar-refractivity contribution < 1.29 is 9.13 Å². The highest BCUT2D eigenvalue weighted by atomic mass is 127. The van der Waals surface area contributed by atoms with Gasteiger partial charge in [-0.15, -0.1) is 24.0 Å². The molecule has 1 aromatic rings. The predicted molar refractivity (Wildman–Crippen MR) is 116 cm³/mol. The fraction of sp³-hybridized carbons (Fsp3) is 0.632. The SMILES string of the molecule is CCNC(=NCC(C)(C)c1ccccc1F)NCCN1CCOCC1.I. The normalized spacial score (nSPS) is 16.1. The molecule has 0 unspecified atom stereocenters. The van der Waals surface area contributed by atoms with Gasteiger partial charge in [0, 0.05) is 38.1 Å². The van der Waals surface area contributed by atoms with Gasteiger partial charge in [-0.1, -0.05) is 32.0 Å². The van der Waals surface area contributed by atoms with E-state index in [0.29, 0.717) is 12.1 Å². The third-order valence-corrected chi connectivity index (χ3v) is 4.40. The Morgan fingerprint density at radius 2 is 1.92 bits per heavy atom. The van der Waals surface area contributed by atoms with E-state index in [2.05, 4.69) is 20.5 Å². The number of halogens is 2. The highest BCUT2D eigenvalue weighted by Gasteiger charge is 2.23. The van der Waals surface area contributed by atoms with Crippen LogP contribution < -0.4 is 10.6 Å². The number of guanidine groups is 1. The van der Waals surface area contributed by atoms with Crippen molar-refractivity contribution in [3.8, 4) is 0 Å². The summed E-state index contributed by atoms with van der Waals surface area (Å²) in [6, 6.07) is 6.93. The van der Waals surface area contributed by atoms with E-state index < -0.39 is 0 Å². The molecule has 0 bridgehead atoms. The van der Waals surface area contributed by atoms with Crippen LogP contribution in [0.1, 0.15) is 26.3 Å². The summed E-state index contributed by atoms with van der Waals surface area (Å²) in [7, 11) is 0. The van der Waals surface area contributed by atoms with E-state index in [9.17, 15) is 4.39 Å². The maximum absolute atomic E-state index is 14.1. The molecule has 0 radical (unpaired) electrons. The predicted octanol–water partition coefficient (Wildman–Crippen LogP) is 2.61. The standard InChI is InChI=1S/C19H31FN4O.HI/c1-4-21-18(22-9-10-24-11-13-25-14-12-24)23-15-19(2,3)16-7-5-6-8-17(16)20;/h5-8H,4,9-15H2,1-3H3,(H2,21,22,23);1H. The lowest BCUT2D eigenvalue weighted by atomic mass is 9.84. The monoisotopic (exact) mass is 478 g/mol. The minimum absolute atomic E-state index is 0. The Bertz CT molecular complexity index is 562. The van der Waals surface area contributed by atoms with Gasteiger partial charge in [-0.2, -0.15) is 0 Å². The van der Waals surface area contributed by atoms with Gasteiger partial charge in [-0.25, -0.2) is 4.39 Å². The molecule has 7 heteroatoms. The smallest absolute Gasteiger partial charge is 0.191 e. The van der Waals surface area contributed by atoms with E-state index in [1.165, 1.54) is 6.07 Å². The van der Waals surface area contributed by atoms with Crippen LogP contribution in [0.2, 0.25) is 0 Å². The zero-order valence-corrected chi connectivity index (χ0v) is 18.4. The lowest BCUT2D eigenvalue weighted by Gasteiger charge is -2.27. The Labute approximate surface area is 173 Å². The molecule has 26 heavy (non-hydrogen) atoms. The zero-order chi connectivity index (χ0) is 18.1. The fourth-order valence-corrected chi connectivity index (χ4v) is 2.87. The minimum Gasteiger partial charge on any atom is -0.379 e. The van der Waals surface area contributed by atoms with Crippen LogP contribution in [0.15, 0.2) is 29.3 Å². The fourth-order valence-electron chi connectivity index (χ4n) is 2.87. The van der Waals surface area contributed by atoms with Crippen LogP contribution in [0.25, 0.3) is 0 Å². The summed E-state index contributed by atoms with van der Waals surface area (Å²) in [6.45, 7) is 12.8. The summed E-state index contributed by atoms with van der Waals surface area (Å²) in [5, 5.41) is 6.63. The second kappa shape index (κ2) is 11.7. The number of hydrogen-bond donors (Lipinski definition) is 2. The van der Waals surface area contributed by atoms with Gasteiger partial charge >= 0.3 is 0 Å². The molecule has 0 aromatic heterocycles. The molecule has 5 nitrogen and oxygen atoms in total. The molecule has 2 rings (SSSR count). The molecule has 148 valence electrons. The average molecular weight is 478 g/mol. The second-order valence-corrected chi connectivity index (χ2v) is 6.94. The van der Waals surface area contributed by atoms with Gasteiger partial charge in [0.15, 0.2) is 5.96 Å². The van der Waals surface area contributed by atoms with Gasteiger partial charge < -0.3 is 15.4 Å². The highest BCUT2D eigenvalue weighted by Crippen LogP contribution is 2.25. The maximum Gasteiger partial charge on any atom is 0.191 e. The molecule has 1 fully saturated rings. The van der Waals surface area contributed by atoms with E-state index in [1.807, 2.05) is 32.9 Å². The summed E-state index contributed by atoms with van der Waals surface area (Å²) >= 11 is 0. The first-order valence-corrected chi connectivity index (χ1v) is 9.10. The number of rotatable bonds is 7. The van der Waals surface area contributed by atoms with E-state index in [0.717, 1.165) is 51.9 Å². The minimum atomic E-state index is -0.363. The van der Waals surface area contributed by atoms with E-state index >= 15 is 0 Å².